The molecule has 0 spiro atoms. The summed E-state index contributed by atoms with van der Waals surface area (Å²) in [4.78, 5) is 25.7. The van der Waals surface area contributed by atoms with E-state index in [1.165, 1.54) is 18.2 Å². The van der Waals surface area contributed by atoms with Crippen LogP contribution in [0.2, 0.25) is 0 Å². The maximum absolute atomic E-state index is 14.0. The van der Waals surface area contributed by atoms with E-state index in [0.717, 1.165) is 19.3 Å². The number of anilines is 1. The Kier molecular flexibility index (Phi) is 6.73. The van der Waals surface area contributed by atoms with Gasteiger partial charge in [-0.25, -0.2) is 4.39 Å². The van der Waals surface area contributed by atoms with E-state index in [4.69, 9.17) is 5.11 Å². The summed E-state index contributed by atoms with van der Waals surface area (Å²) < 4.78 is 14.0. The zero-order valence-electron chi connectivity index (χ0n) is 14.1. The van der Waals surface area contributed by atoms with Gasteiger partial charge in [0.05, 0.1) is 5.56 Å². The molecule has 24 heavy (non-hydrogen) atoms. The number of rotatable bonds is 8. The second kappa shape index (κ2) is 8.78. The van der Waals surface area contributed by atoms with Crippen molar-refractivity contribution in [3.63, 3.8) is 0 Å². The molecule has 1 aliphatic rings. The van der Waals surface area contributed by atoms with Crippen LogP contribution in [0.15, 0.2) is 18.2 Å². The summed E-state index contributed by atoms with van der Waals surface area (Å²) >= 11 is 0. The predicted octanol–water partition coefficient (Wildman–Crippen LogP) is 2.48. The highest BCUT2D eigenvalue weighted by atomic mass is 19.1. The largest absolute Gasteiger partial charge is 0.396 e. The van der Waals surface area contributed by atoms with Crippen LogP contribution in [0.4, 0.5) is 10.1 Å². The van der Waals surface area contributed by atoms with Crippen LogP contribution >= 0.6 is 0 Å². The molecule has 1 unspecified atom stereocenters. The Morgan fingerprint density at radius 2 is 2.21 bits per heavy atom. The van der Waals surface area contributed by atoms with Gasteiger partial charge >= 0.3 is 0 Å². The highest BCUT2D eigenvalue weighted by Crippen LogP contribution is 2.24. The summed E-state index contributed by atoms with van der Waals surface area (Å²) in [6.45, 7) is 3.12. The fraction of sp³-hybridized carbons (Fsp3) is 0.556. The number of benzene rings is 1. The van der Waals surface area contributed by atoms with Gasteiger partial charge in [0.25, 0.3) is 5.91 Å². The SMILES string of the molecule is CCCC(CCO)CNC(=O)c1cc(N2CCCC2=O)ccc1F. The molecule has 0 aliphatic carbocycles. The van der Waals surface area contributed by atoms with Crippen LogP contribution in [0.5, 0.6) is 0 Å². The quantitative estimate of drug-likeness (QED) is 0.766. The maximum atomic E-state index is 14.0. The first-order valence-corrected chi connectivity index (χ1v) is 8.55. The molecular formula is C18H25FN2O3. The lowest BCUT2D eigenvalue weighted by Crippen LogP contribution is -2.31. The molecular weight excluding hydrogens is 311 g/mol. The van der Waals surface area contributed by atoms with E-state index < -0.39 is 11.7 Å². The molecule has 1 aromatic rings. The second-order valence-electron chi connectivity index (χ2n) is 6.19. The van der Waals surface area contributed by atoms with E-state index in [1.807, 2.05) is 6.92 Å². The van der Waals surface area contributed by atoms with Crippen LogP contribution in [0.1, 0.15) is 49.4 Å². The van der Waals surface area contributed by atoms with Gasteiger partial charge in [-0.2, -0.15) is 0 Å². The summed E-state index contributed by atoms with van der Waals surface area (Å²) in [7, 11) is 0. The van der Waals surface area contributed by atoms with Gasteiger partial charge in [0.2, 0.25) is 5.91 Å². The first kappa shape index (κ1) is 18.4. The highest BCUT2D eigenvalue weighted by molar-refractivity contribution is 5.99. The fourth-order valence-corrected chi connectivity index (χ4v) is 3.05. The molecule has 0 bridgehead atoms. The molecule has 6 heteroatoms. The molecule has 1 aromatic carbocycles. The number of aliphatic hydroxyl groups excluding tert-OH is 1. The average Bonchev–Trinajstić information content (AvgIpc) is 2.99. The summed E-state index contributed by atoms with van der Waals surface area (Å²) in [5.41, 5.74) is 0.510. The van der Waals surface area contributed by atoms with E-state index in [1.54, 1.807) is 4.90 Å². The van der Waals surface area contributed by atoms with E-state index in [-0.39, 0.29) is 24.0 Å². The van der Waals surface area contributed by atoms with Crippen molar-refractivity contribution in [3.8, 4) is 0 Å². The topological polar surface area (TPSA) is 69.6 Å². The van der Waals surface area contributed by atoms with Crippen molar-refractivity contribution >= 4 is 17.5 Å². The van der Waals surface area contributed by atoms with E-state index in [9.17, 15) is 14.0 Å². The normalized spacial score (nSPS) is 15.6. The molecule has 1 saturated heterocycles. The molecule has 0 radical (unpaired) electrons. The minimum Gasteiger partial charge on any atom is -0.396 e. The van der Waals surface area contributed by atoms with Gasteiger partial charge in [-0.05, 0) is 43.4 Å². The average molecular weight is 336 g/mol. The molecule has 132 valence electrons. The summed E-state index contributed by atoms with van der Waals surface area (Å²) in [5.74, 6) is -0.911. The Morgan fingerprint density at radius 1 is 1.42 bits per heavy atom. The third-order valence-corrected chi connectivity index (χ3v) is 4.37. The highest BCUT2D eigenvalue weighted by Gasteiger charge is 2.23. The van der Waals surface area contributed by atoms with E-state index >= 15 is 0 Å². The van der Waals surface area contributed by atoms with Crippen molar-refractivity contribution in [2.75, 3.05) is 24.6 Å². The van der Waals surface area contributed by atoms with Crippen molar-refractivity contribution in [2.45, 2.75) is 39.0 Å². The van der Waals surface area contributed by atoms with Crippen LogP contribution < -0.4 is 10.2 Å². The molecule has 2 amide bonds. The Hall–Kier alpha value is -1.95. The molecule has 1 atom stereocenters. The van der Waals surface area contributed by atoms with Gasteiger partial charge < -0.3 is 15.3 Å². The predicted molar refractivity (Wildman–Crippen MR) is 90.4 cm³/mol. The van der Waals surface area contributed by atoms with Crippen molar-refractivity contribution in [1.29, 1.82) is 0 Å². The van der Waals surface area contributed by atoms with E-state index in [2.05, 4.69) is 5.32 Å². The number of hydrogen-bond donors (Lipinski definition) is 2. The molecule has 2 rings (SSSR count). The lowest BCUT2D eigenvalue weighted by Gasteiger charge is -2.18. The van der Waals surface area contributed by atoms with Gasteiger partial charge in [-0.15, -0.1) is 0 Å². The Morgan fingerprint density at radius 3 is 2.83 bits per heavy atom. The number of carbonyl (C=O) groups is 2. The second-order valence-corrected chi connectivity index (χ2v) is 6.19. The zero-order chi connectivity index (χ0) is 17.5. The standard InChI is InChI=1S/C18H25FN2O3/c1-2-4-13(8-10-22)12-20-18(24)15-11-14(6-7-16(15)19)21-9-3-5-17(21)23/h6-7,11,13,22H,2-5,8-10,12H2,1H3,(H,20,24). The minimum absolute atomic E-state index is 0.000998. The van der Waals surface area contributed by atoms with E-state index in [0.29, 0.717) is 31.6 Å². The number of hydrogen-bond acceptors (Lipinski definition) is 3. The van der Waals surface area contributed by atoms with Crippen molar-refractivity contribution in [1.82, 2.24) is 5.32 Å². The maximum Gasteiger partial charge on any atom is 0.254 e. The smallest absolute Gasteiger partial charge is 0.254 e. The van der Waals surface area contributed by atoms with Crippen molar-refractivity contribution in [2.24, 2.45) is 5.92 Å². The third-order valence-electron chi connectivity index (χ3n) is 4.37. The van der Waals surface area contributed by atoms with Crippen LogP contribution in [-0.4, -0.2) is 36.6 Å². The van der Waals surface area contributed by atoms with Crippen LogP contribution in [-0.2, 0) is 4.79 Å². The molecule has 0 saturated carbocycles. The number of aliphatic hydroxyl groups is 1. The van der Waals surface area contributed by atoms with Crippen LogP contribution in [0.25, 0.3) is 0 Å². The van der Waals surface area contributed by atoms with Gasteiger partial charge in [0, 0.05) is 31.8 Å². The van der Waals surface area contributed by atoms with Gasteiger partial charge in [0.15, 0.2) is 0 Å². The first-order valence-electron chi connectivity index (χ1n) is 8.55. The van der Waals surface area contributed by atoms with Gasteiger partial charge in [0.1, 0.15) is 5.82 Å². The molecule has 2 N–H and O–H groups in total. The molecule has 1 aliphatic heterocycles. The first-order chi connectivity index (χ1) is 11.6. The lowest BCUT2D eigenvalue weighted by atomic mass is 10.00. The van der Waals surface area contributed by atoms with Crippen LogP contribution in [0.3, 0.4) is 0 Å². The zero-order valence-corrected chi connectivity index (χ0v) is 14.1. The monoisotopic (exact) mass is 336 g/mol. The lowest BCUT2D eigenvalue weighted by molar-refractivity contribution is -0.117. The molecule has 5 nitrogen and oxygen atoms in total. The molecule has 1 fully saturated rings. The number of nitrogens with zero attached hydrogens (tertiary/aromatic N) is 1. The van der Waals surface area contributed by atoms with Gasteiger partial charge in [-0.3, -0.25) is 9.59 Å². The Bertz CT molecular complexity index is 586. The third kappa shape index (κ3) is 4.54. The van der Waals surface area contributed by atoms with Crippen molar-refractivity contribution < 1.29 is 19.1 Å². The fourth-order valence-electron chi connectivity index (χ4n) is 3.05. The molecule has 0 aromatic heterocycles. The molecule has 1 heterocycles. The Balaban J connectivity index is 2.06. The number of amides is 2. The number of carbonyl (C=O) groups excluding carboxylic acids is 2. The number of halogens is 1. The van der Waals surface area contributed by atoms with Crippen LogP contribution in [0, 0.1) is 11.7 Å². The summed E-state index contributed by atoms with van der Waals surface area (Å²) in [6.07, 6.45) is 3.72. The number of nitrogens with one attached hydrogen (secondary N) is 1. The minimum atomic E-state index is -0.600. The van der Waals surface area contributed by atoms with Gasteiger partial charge in [-0.1, -0.05) is 13.3 Å². The summed E-state index contributed by atoms with van der Waals surface area (Å²) in [5, 5.41) is 11.8. The Labute approximate surface area is 141 Å². The summed E-state index contributed by atoms with van der Waals surface area (Å²) in [6, 6.07) is 4.20. The van der Waals surface area contributed by atoms with Crippen molar-refractivity contribution in [3.05, 3.63) is 29.6 Å².